The molecule has 7 nitrogen and oxygen atoms in total. The lowest BCUT2D eigenvalue weighted by Gasteiger charge is -2.34. The van der Waals surface area contributed by atoms with E-state index in [0.717, 1.165) is 17.0 Å². The van der Waals surface area contributed by atoms with Gasteiger partial charge in [0.25, 0.3) is 5.91 Å². The first-order chi connectivity index (χ1) is 14.8. The molecule has 1 saturated heterocycles. The number of halogens is 2. The van der Waals surface area contributed by atoms with Gasteiger partial charge in [0.15, 0.2) is 6.29 Å². The number of aromatic nitrogens is 2. The highest BCUT2D eigenvalue weighted by Gasteiger charge is 2.31. The molecule has 1 aromatic carbocycles. The maximum atomic E-state index is 14.1. The highest BCUT2D eigenvalue weighted by Crippen LogP contribution is 2.29. The number of thiophene rings is 1. The Morgan fingerprint density at radius 3 is 2.77 bits per heavy atom. The van der Waals surface area contributed by atoms with Crippen LogP contribution >= 0.6 is 11.3 Å². The lowest BCUT2D eigenvalue weighted by Crippen LogP contribution is -2.55. The van der Waals surface area contributed by atoms with Gasteiger partial charge in [-0.05, 0) is 29.5 Å². The number of hydrogen-bond donors (Lipinski definition) is 3. The molecule has 0 saturated carbocycles. The molecular formula is C21H21F2N5O2S. The Morgan fingerprint density at radius 2 is 2.10 bits per heavy atom. The minimum absolute atomic E-state index is 0.0776. The first kappa shape index (κ1) is 21.1. The van der Waals surface area contributed by atoms with Crippen molar-refractivity contribution in [1.29, 1.82) is 0 Å². The fourth-order valence-electron chi connectivity index (χ4n) is 3.36. The summed E-state index contributed by atoms with van der Waals surface area (Å²) >= 11 is 1.47. The normalized spacial score (nSPS) is 18.8. The second-order valence-electron chi connectivity index (χ2n) is 7.61. The number of benzene rings is 1. The van der Waals surface area contributed by atoms with Gasteiger partial charge < -0.3 is 10.6 Å². The van der Waals surface area contributed by atoms with Crippen molar-refractivity contribution in [3.05, 3.63) is 59.0 Å². The van der Waals surface area contributed by atoms with Crippen LogP contribution in [0.2, 0.25) is 0 Å². The summed E-state index contributed by atoms with van der Waals surface area (Å²) in [6.45, 7) is 4.01. The summed E-state index contributed by atoms with van der Waals surface area (Å²) in [7, 11) is 0. The van der Waals surface area contributed by atoms with Crippen LogP contribution in [0.3, 0.4) is 0 Å². The monoisotopic (exact) mass is 445 g/mol. The number of anilines is 1. The van der Waals surface area contributed by atoms with Gasteiger partial charge in [-0.15, -0.1) is 11.3 Å². The number of carbonyl (C=O) groups excluding carboxylic acids is 2. The van der Waals surface area contributed by atoms with Crippen LogP contribution in [0.5, 0.6) is 0 Å². The Labute approximate surface area is 181 Å². The third-order valence-electron chi connectivity index (χ3n) is 5.05. The van der Waals surface area contributed by atoms with E-state index in [-0.39, 0.29) is 29.2 Å². The molecule has 3 aromatic rings. The van der Waals surface area contributed by atoms with E-state index in [1.807, 2.05) is 31.4 Å². The van der Waals surface area contributed by atoms with Crippen molar-refractivity contribution in [2.45, 2.75) is 32.6 Å². The zero-order valence-electron chi connectivity index (χ0n) is 16.9. The van der Waals surface area contributed by atoms with E-state index < -0.39 is 23.8 Å². The summed E-state index contributed by atoms with van der Waals surface area (Å²) in [5, 5.41) is 15.3. The average Bonchev–Trinajstić information content (AvgIpc) is 3.37. The minimum Gasteiger partial charge on any atom is -0.322 e. The quantitative estimate of drug-likeness (QED) is 0.558. The molecule has 3 N–H and O–H groups in total. The van der Waals surface area contributed by atoms with Crippen molar-refractivity contribution in [3.8, 4) is 10.6 Å². The van der Waals surface area contributed by atoms with E-state index in [9.17, 15) is 18.4 Å². The van der Waals surface area contributed by atoms with E-state index in [2.05, 4.69) is 21.0 Å². The summed E-state index contributed by atoms with van der Waals surface area (Å²) in [5.41, 5.74) is 0.292. The summed E-state index contributed by atoms with van der Waals surface area (Å²) in [6.07, 6.45) is -0.369. The maximum absolute atomic E-state index is 14.1. The summed E-state index contributed by atoms with van der Waals surface area (Å²) in [5.74, 6) is -2.16. The van der Waals surface area contributed by atoms with Crippen molar-refractivity contribution in [2.24, 2.45) is 5.92 Å². The van der Waals surface area contributed by atoms with Gasteiger partial charge >= 0.3 is 0 Å². The molecule has 0 aliphatic carbocycles. The van der Waals surface area contributed by atoms with Crippen molar-refractivity contribution in [2.75, 3.05) is 5.32 Å². The van der Waals surface area contributed by atoms with Crippen LogP contribution in [-0.4, -0.2) is 27.6 Å². The van der Waals surface area contributed by atoms with Crippen LogP contribution in [0.1, 0.15) is 36.9 Å². The lowest BCUT2D eigenvalue weighted by atomic mass is 9.99. The smallest absolute Gasteiger partial charge is 0.259 e. The molecule has 2 aromatic heterocycles. The van der Waals surface area contributed by atoms with Gasteiger partial charge in [-0.3, -0.25) is 14.9 Å². The largest absolute Gasteiger partial charge is 0.322 e. The second kappa shape index (κ2) is 8.56. The van der Waals surface area contributed by atoms with Gasteiger partial charge in [0.1, 0.15) is 23.1 Å². The Hall–Kier alpha value is -3.11. The molecule has 2 amide bonds. The van der Waals surface area contributed by atoms with Gasteiger partial charge in [-0.2, -0.15) is 5.10 Å². The Balaban J connectivity index is 1.69. The number of amides is 2. The van der Waals surface area contributed by atoms with Crippen LogP contribution in [-0.2, 0) is 4.79 Å². The second-order valence-corrected chi connectivity index (χ2v) is 8.55. The zero-order chi connectivity index (χ0) is 22.1. The predicted octanol–water partition coefficient (Wildman–Crippen LogP) is 3.73. The minimum atomic E-state index is -0.967. The Kier molecular flexibility index (Phi) is 5.84. The molecule has 1 aliphatic heterocycles. The first-order valence-electron chi connectivity index (χ1n) is 9.77. The number of rotatable bonds is 5. The van der Waals surface area contributed by atoms with Gasteiger partial charge in [-0.25, -0.2) is 13.5 Å². The third-order valence-corrected chi connectivity index (χ3v) is 5.94. The van der Waals surface area contributed by atoms with E-state index in [4.69, 9.17) is 0 Å². The number of carbonyl (C=O) groups is 2. The highest BCUT2D eigenvalue weighted by atomic mass is 32.1. The number of hydrogen-bond acceptors (Lipinski definition) is 5. The molecule has 0 bridgehead atoms. The molecule has 162 valence electrons. The standard InChI is InChI=1S/C21H21F2N5O2S/c1-11(2)15-10-19(29)26-21(24-15)28-18(9-16(27-28)17-4-3-7-31-17)25-20(30)13-6-5-12(22)8-14(13)23/h3-9,11,15,21,24H,10H2,1-2H3,(H,25,30)(H,26,29). The van der Waals surface area contributed by atoms with Crippen molar-refractivity contribution >= 4 is 29.0 Å². The molecule has 1 aliphatic rings. The summed E-state index contributed by atoms with van der Waals surface area (Å²) < 4.78 is 28.8. The van der Waals surface area contributed by atoms with Gasteiger partial charge in [-0.1, -0.05) is 19.9 Å². The molecule has 4 rings (SSSR count). The average molecular weight is 445 g/mol. The van der Waals surface area contributed by atoms with Crippen LogP contribution in [0.4, 0.5) is 14.6 Å². The fraction of sp³-hybridized carbons (Fsp3) is 0.286. The van der Waals surface area contributed by atoms with Crippen LogP contribution in [0.15, 0.2) is 41.8 Å². The predicted molar refractivity (Wildman–Crippen MR) is 113 cm³/mol. The summed E-state index contributed by atoms with van der Waals surface area (Å²) in [6, 6.07) is 8.08. The number of nitrogens with one attached hydrogen (secondary N) is 3. The zero-order valence-corrected chi connectivity index (χ0v) is 17.7. The molecule has 3 heterocycles. The van der Waals surface area contributed by atoms with Crippen molar-refractivity contribution < 1.29 is 18.4 Å². The van der Waals surface area contributed by atoms with Crippen LogP contribution in [0.25, 0.3) is 10.6 Å². The fourth-order valence-corrected chi connectivity index (χ4v) is 4.04. The topological polar surface area (TPSA) is 88.1 Å². The van der Waals surface area contributed by atoms with Crippen LogP contribution < -0.4 is 16.0 Å². The van der Waals surface area contributed by atoms with E-state index in [0.29, 0.717) is 18.2 Å². The molecular weight excluding hydrogens is 424 g/mol. The molecule has 0 spiro atoms. The molecule has 10 heteroatoms. The molecule has 2 unspecified atom stereocenters. The molecule has 0 radical (unpaired) electrons. The Morgan fingerprint density at radius 1 is 1.29 bits per heavy atom. The highest BCUT2D eigenvalue weighted by molar-refractivity contribution is 7.13. The van der Waals surface area contributed by atoms with Crippen molar-refractivity contribution in [1.82, 2.24) is 20.4 Å². The van der Waals surface area contributed by atoms with E-state index in [1.54, 1.807) is 6.07 Å². The van der Waals surface area contributed by atoms with Gasteiger partial charge in [0.2, 0.25) is 5.91 Å². The third kappa shape index (κ3) is 4.49. The Bertz CT molecular complexity index is 1110. The lowest BCUT2D eigenvalue weighted by molar-refractivity contribution is -0.126. The molecule has 2 atom stereocenters. The molecule has 1 fully saturated rings. The van der Waals surface area contributed by atoms with Gasteiger partial charge in [0.05, 0.1) is 10.4 Å². The summed E-state index contributed by atoms with van der Waals surface area (Å²) in [4.78, 5) is 25.8. The maximum Gasteiger partial charge on any atom is 0.259 e. The first-order valence-corrected chi connectivity index (χ1v) is 10.6. The molecule has 31 heavy (non-hydrogen) atoms. The SMILES string of the molecule is CC(C)C1CC(=O)NC(n2nc(-c3cccs3)cc2NC(=O)c2ccc(F)cc2F)N1. The van der Waals surface area contributed by atoms with E-state index in [1.165, 1.54) is 16.0 Å². The van der Waals surface area contributed by atoms with Crippen LogP contribution in [0, 0.1) is 17.6 Å². The van der Waals surface area contributed by atoms with Crippen molar-refractivity contribution in [3.63, 3.8) is 0 Å². The van der Waals surface area contributed by atoms with Gasteiger partial charge in [0, 0.05) is 24.6 Å². The van der Waals surface area contributed by atoms with E-state index >= 15 is 0 Å². The number of nitrogens with zero attached hydrogens (tertiary/aromatic N) is 2.